The fraction of sp³-hybridized carbons (Fsp3) is 0.238. The number of nitrogens with zero attached hydrogens (tertiary/aromatic N) is 1. The van der Waals surface area contributed by atoms with Crippen LogP contribution in [-0.4, -0.2) is 48.5 Å². The van der Waals surface area contributed by atoms with E-state index in [4.69, 9.17) is 0 Å². The fourth-order valence-corrected chi connectivity index (χ4v) is 4.40. The summed E-state index contributed by atoms with van der Waals surface area (Å²) < 4.78 is 1.49. The van der Waals surface area contributed by atoms with Gasteiger partial charge in [0.2, 0.25) is 5.91 Å². The molecule has 2 aromatic carbocycles. The molecule has 0 radical (unpaired) electrons. The number of amides is 2. The van der Waals surface area contributed by atoms with E-state index in [2.05, 4.69) is 58.1 Å². The third-order valence-electron chi connectivity index (χ3n) is 4.47. The molecule has 1 atom stereocenters. The van der Waals surface area contributed by atoms with Crippen LogP contribution in [0.4, 0.5) is 5.69 Å². The zero-order valence-electron chi connectivity index (χ0n) is 16.8. The number of guanidine groups is 1. The van der Waals surface area contributed by atoms with Crippen molar-refractivity contribution in [1.29, 1.82) is 0 Å². The summed E-state index contributed by atoms with van der Waals surface area (Å²) in [5.74, 6) is -1.34. The highest BCUT2D eigenvalue weighted by molar-refractivity contribution is 9.11. The standard InChI is InChI=1S/C21H21Br2N5O4/c22-14-6-13(7-15(23)9-14)17(10-19(30)31)28-18(29)11-26-20(32)12-2-1-3-16(8-12)27-21-24-4-5-25-21/h1-3,6-9,17H,4-5,10-11H2,(H,26,32)(H,28,29)(H,30,31)(H2,24,25,27). The first-order valence-electron chi connectivity index (χ1n) is 9.71. The highest BCUT2D eigenvalue weighted by Gasteiger charge is 2.20. The summed E-state index contributed by atoms with van der Waals surface area (Å²) in [4.78, 5) is 40.4. The van der Waals surface area contributed by atoms with Crippen molar-refractivity contribution in [2.24, 2.45) is 4.99 Å². The molecular weight excluding hydrogens is 546 g/mol. The maximum Gasteiger partial charge on any atom is 0.305 e. The van der Waals surface area contributed by atoms with Crippen LogP contribution < -0.4 is 21.3 Å². The number of carboxylic acids is 1. The lowest BCUT2D eigenvalue weighted by atomic mass is 10.0. The molecule has 0 saturated carbocycles. The van der Waals surface area contributed by atoms with Crippen LogP contribution in [0.2, 0.25) is 0 Å². The number of hydrogen-bond acceptors (Lipinski definition) is 6. The Morgan fingerprint density at radius 3 is 2.53 bits per heavy atom. The van der Waals surface area contributed by atoms with Gasteiger partial charge in [-0.1, -0.05) is 37.9 Å². The Bertz CT molecular complexity index is 1040. The summed E-state index contributed by atoms with van der Waals surface area (Å²) >= 11 is 6.72. The van der Waals surface area contributed by atoms with Gasteiger partial charge in [0.1, 0.15) is 0 Å². The second-order valence-corrected chi connectivity index (χ2v) is 8.80. The summed E-state index contributed by atoms with van der Waals surface area (Å²) in [5, 5.41) is 20.6. The van der Waals surface area contributed by atoms with Crippen molar-refractivity contribution >= 4 is 61.3 Å². The molecular formula is C21H21Br2N5O4. The lowest BCUT2D eigenvalue weighted by Crippen LogP contribution is -2.39. The van der Waals surface area contributed by atoms with Gasteiger partial charge in [-0.25, -0.2) is 0 Å². The number of nitrogens with one attached hydrogen (secondary N) is 4. The maximum atomic E-state index is 12.5. The van der Waals surface area contributed by atoms with E-state index < -0.39 is 23.8 Å². The molecule has 0 bridgehead atoms. The van der Waals surface area contributed by atoms with Crippen molar-refractivity contribution in [2.75, 3.05) is 25.0 Å². The van der Waals surface area contributed by atoms with Crippen LogP contribution in [-0.2, 0) is 9.59 Å². The van der Waals surface area contributed by atoms with E-state index in [-0.39, 0.29) is 13.0 Å². The average Bonchev–Trinajstić information content (AvgIpc) is 3.23. The Hall–Kier alpha value is -2.92. The van der Waals surface area contributed by atoms with Gasteiger partial charge < -0.3 is 26.4 Å². The van der Waals surface area contributed by atoms with Crippen molar-refractivity contribution in [3.05, 3.63) is 62.5 Å². The first-order valence-corrected chi connectivity index (χ1v) is 11.3. The maximum absolute atomic E-state index is 12.5. The molecule has 0 aliphatic carbocycles. The lowest BCUT2D eigenvalue weighted by Gasteiger charge is -2.18. The number of halogens is 2. The van der Waals surface area contributed by atoms with Crippen molar-refractivity contribution < 1.29 is 19.5 Å². The third-order valence-corrected chi connectivity index (χ3v) is 5.39. The van der Waals surface area contributed by atoms with Gasteiger partial charge in [-0.3, -0.25) is 19.4 Å². The number of rotatable bonds is 8. The summed E-state index contributed by atoms with van der Waals surface area (Å²) in [6, 6.07) is 11.3. The predicted molar refractivity (Wildman–Crippen MR) is 128 cm³/mol. The summed E-state index contributed by atoms with van der Waals surface area (Å²) in [7, 11) is 0. The Morgan fingerprint density at radius 1 is 1.12 bits per heavy atom. The van der Waals surface area contributed by atoms with E-state index in [1.165, 1.54) is 0 Å². The van der Waals surface area contributed by atoms with Gasteiger partial charge in [0.25, 0.3) is 5.91 Å². The first kappa shape index (κ1) is 23.7. The quantitative estimate of drug-likeness (QED) is 0.334. The minimum absolute atomic E-state index is 0.296. The van der Waals surface area contributed by atoms with Gasteiger partial charge in [-0.15, -0.1) is 0 Å². The minimum atomic E-state index is -1.05. The summed E-state index contributed by atoms with van der Waals surface area (Å²) in [6.07, 6.45) is -0.297. The van der Waals surface area contributed by atoms with Crippen LogP contribution in [0.5, 0.6) is 0 Å². The molecule has 1 unspecified atom stereocenters. The zero-order valence-corrected chi connectivity index (χ0v) is 20.0. The molecule has 1 heterocycles. The molecule has 0 aromatic heterocycles. The van der Waals surface area contributed by atoms with E-state index >= 15 is 0 Å². The lowest BCUT2D eigenvalue weighted by molar-refractivity contribution is -0.137. The van der Waals surface area contributed by atoms with Gasteiger partial charge >= 0.3 is 5.97 Å². The van der Waals surface area contributed by atoms with Crippen LogP contribution in [0.1, 0.15) is 28.4 Å². The molecule has 32 heavy (non-hydrogen) atoms. The predicted octanol–water partition coefficient (Wildman–Crippen LogP) is 2.64. The average molecular weight is 567 g/mol. The number of aliphatic imine (C=N–C) groups is 1. The van der Waals surface area contributed by atoms with Gasteiger partial charge in [0.05, 0.1) is 25.6 Å². The molecule has 3 rings (SSSR count). The normalized spacial score (nSPS) is 13.5. The molecule has 11 heteroatoms. The first-order chi connectivity index (χ1) is 15.3. The molecule has 0 spiro atoms. The molecule has 2 amide bonds. The molecule has 0 saturated heterocycles. The van der Waals surface area contributed by atoms with Crippen LogP contribution in [0, 0.1) is 0 Å². The van der Waals surface area contributed by atoms with Crippen LogP contribution >= 0.6 is 31.9 Å². The molecule has 9 nitrogen and oxygen atoms in total. The number of hydrogen-bond donors (Lipinski definition) is 5. The molecule has 5 N–H and O–H groups in total. The van der Waals surface area contributed by atoms with Crippen LogP contribution in [0.15, 0.2) is 56.4 Å². The summed E-state index contributed by atoms with van der Waals surface area (Å²) in [5.41, 5.74) is 1.69. The Balaban J connectivity index is 1.59. The van der Waals surface area contributed by atoms with E-state index in [1.807, 2.05) is 6.07 Å². The number of benzene rings is 2. The Labute approximate surface area is 201 Å². The number of anilines is 1. The van der Waals surface area contributed by atoms with Gasteiger partial charge in [0.15, 0.2) is 5.96 Å². The van der Waals surface area contributed by atoms with Crippen LogP contribution in [0.3, 0.4) is 0 Å². The van der Waals surface area contributed by atoms with E-state index in [0.29, 0.717) is 29.3 Å². The smallest absolute Gasteiger partial charge is 0.305 e. The number of carboxylic acid groups (broad SMARTS) is 1. The zero-order chi connectivity index (χ0) is 23.1. The van der Waals surface area contributed by atoms with Crippen molar-refractivity contribution in [1.82, 2.24) is 16.0 Å². The summed E-state index contributed by atoms with van der Waals surface area (Å²) in [6.45, 7) is 1.16. The van der Waals surface area contributed by atoms with Crippen molar-refractivity contribution in [3.63, 3.8) is 0 Å². The third kappa shape index (κ3) is 7.06. The highest BCUT2D eigenvalue weighted by Crippen LogP contribution is 2.26. The monoisotopic (exact) mass is 565 g/mol. The Morgan fingerprint density at radius 2 is 1.88 bits per heavy atom. The molecule has 1 aliphatic heterocycles. The number of carbonyl (C=O) groups excluding carboxylic acids is 2. The van der Waals surface area contributed by atoms with E-state index in [0.717, 1.165) is 15.5 Å². The molecule has 2 aromatic rings. The number of aliphatic carboxylic acids is 1. The second kappa shape index (κ2) is 11.1. The fourth-order valence-electron chi connectivity index (χ4n) is 3.07. The molecule has 0 fully saturated rings. The SMILES string of the molecule is O=C(O)CC(NC(=O)CNC(=O)c1cccc(NC2=NCCN2)c1)c1cc(Br)cc(Br)c1. The minimum Gasteiger partial charge on any atom is -0.481 e. The topological polar surface area (TPSA) is 132 Å². The van der Waals surface area contributed by atoms with Crippen LogP contribution in [0.25, 0.3) is 0 Å². The van der Waals surface area contributed by atoms with E-state index in [1.54, 1.807) is 36.4 Å². The Kier molecular flexibility index (Phi) is 8.23. The highest BCUT2D eigenvalue weighted by atomic mass is 79.9. The number of carbonyl (C=O) groups is 3. The van der Waals surface area contributed by atoms with Gasteiger partial charge in [-0.2, -0.15) is 0 Å². The van der Waals surface area contributed by atoms with Gasteiger partial charge in [0, 0.05) is 26.7 Å². The molecule has 168 valence electrons. The second-order valence-electron chi connectivity index (χ2n) is 6.97. The van der Waals surface area contributed by atoms with E-state index in [9.17, 15) is 19.5 Å². The van der Waals surface area contributed by atoms with Gasteiger partial charge in [-0.05, 0) is 42.0 Å². The van der Waals surface area contributed by atoms with Crippen molar-refractivity contribution in [2.45, 2.75) is 12.5 Å². The molecule has 1 aliphatic rings. The largest absolute Gasteiger partial charge is 0.481 e. The van der Waals surface area contributed by atoms with Crippen molar-refractivity contribution in [3.8, 4) is 0 Å².